The molecule has 0 spiro atoms. The summed E-state index contributed by atoms with van der Waals surface area (Å²) in [5.41, 5.74) is -2.12. The van der Waals surface area contributed by atoms with Crippen molar-refractivity contribution in [1.82, 2.24) is 29.5 Å². The molecular weight excluding hydrogens is 322 g/mol. The average Bonchev–Trinajstić information content (AvgIpc) is 3.21. The molecule has 3 rings (SSSR count). The largest absolute Gasteiger partial charge is 0.378 e. The van der Waals surface area contributed by atoms with Crippen LogP contribution in [0.1, 0.15) is 11.8 Å². The molecule has 10 heteroatoms. The lowest BCUT2D eigenvalue weighted by molar-refractivity contribution is -0.155. The van der Waals surface area contributed by atoms with Crippen LogP contribution < -0.4 is 0 Å². The number of benzene rings is 1. The van der Waals surface area contributed by atoms with Crippen LogP contribution in [0, 0.1) is 11.6 Å². The minimum atomic E-state index is -1.95. The van der Waals surface area contributed by atoms with Gasteiger partial charge in [0.25, 0.3) is 0 Å². The van der Waals surface area contributed by atoms with E-state index in [1.807, 2.05) is 0 Å². The van der Waals surface area contributed by atoms with Crippen molar-refractivity contribution in [3.05, 3.63) is 60.7 Å². The van der Waals surface area contributed by atoms with Gasteiger partial charge >= 0.3 is 0 Å². The van der Waals surface area contributed by atoms with Gasteiger partial charge in [0.1, 0.15) is 36.9 Å². The summed E-state index contributed by atoms with van der Waals surface area (Å²) in [5, 5.41) is 19.1. The van der Waals surface area contributed by atoms with Gasteiger partial charge in [-0.3, -0.25) is 0 Å². The number of halogens is 2. The highest BCUT2D eigenvalue weighted by atomic mass is 19.1. The summed E-state index contributed by atoms with van der Waals surface area (Å²) in [6, 6.07) is 2.90. The molecule has 24 heavy (non-hydrogen) atoms. The second kappa shape index (κ2) is 6.42. The molecule has 0 bridgehead atoms. The number of hydrogen-bond donors (Lipinski definition) is 1. The van der Waals surface area contributed by atoms with E-state index in [0.29, 0.717) is 6.07 Å². The number of nitrogens with zero attached hydrogens (tertiary/aromatic N) is 6. The minimum Gasteiger partial charge on any atom is -0.378 e. The fourth-order valence-corrected chi connectivity index (χ4v) is 2.56. The van der Waals surface area contributed by atoms with Gasteiger partial charge in [-0.15, -0.1) is 0 Å². The summed E-state index contributed by atoms with van der Waals surface area (Å²) in [6.07, 6.45) is 4.08. The maximum absolute atomic E-state index is 14.4. The first kappa shape index (κ1) is 16.1. The van der Waals surface area contributed by atoms with Gasteiger partial charge in [0.2, 0.25) is 0 Å². The molecule has 0 aliphatic rings. The van der Waals surface area contributed by atoms with Gasteiger partial charge in [-0.25, -0.2) is 28.1 Å². The SMILES string of the molecule is COC(n1cncn1)C(O)(Cn1cncn1)c1ccc(F)cc1F. The van der Waals surface area contributed by atoms with Crippen molar-refractivity contribution >= 4 is 0 Å². The molecule has 0 radical (unpaired) electrons. The van der Waals surface area contributed by atoms with Crippen LogP contribution in [0.2, 0.25) is 0 Å². The van der Waals surface area contributed by atoms with Crippen LogP contribution in [0.25, 0.3) is 0 Å². The zero-order chi connectivity index (χ0) is 17.2. The van der Waals surface area contributed by atoms with Crippen molar-refractivity contribution in [1.29, 1.82) is 0 Å². The third-order valence-corrected chi connectivity index (χ3v) is 3.58. The molecule has 8 nitrogen and oxygen atoms in total. The van der Waals surface area contributed by atoms with Crippen molar-refractivity contribution in [3.8, 4) is 0 Å². The number of aliphatic hydroxyl groups is 1. The van der Waals surface area contributed by atoms with Crippen LogP contribution >= 0.6 is 0 Å². The number of rotatable bonds is 6. The van der Waals surface area contributed by atoms with Crippen LogP contribution in [0.4, 0.5) is 8.78 Å². The van der Waals surface area contributed by atoms with Crippen molar-refractivity contribution in [3.63, 3.8) is 0 Å². The lowest BCUT2D eigenvalue weighted by Gasteiger charge is -2.35. The molecule has 0 aliphatic heterocycles. The first-order valence-electron chi connectivity index (χ1n) is 6.92. The van der Waals surface area contributed by atoms with Crippen molar-refractivity contribution < 1.29 is 18.6 Å². The molecule has 126 valence electrons. The molecule has 0 amide bonds. The minimum absolute atomic E-state index is 0.165. The molecule has 0 fully saturated rings. The topological polar surface area (TPSA) is 90.9 Å². The van der Waals surface area contributed by atoms with E-state index in [2.05, 4.69) is 20.2 Å². The smallest absolute Gasteiger partial charge is 0.186 e. The summed E-state index contributed by atoms with van der Waals surface area (Å²) in [4.78, 5) is 7.60. The Balaban J connectivity index is 2.12. The molecular formula is C14H14F2N6O2. The molecule has 1 N–H and O–H groups in total. The lowest BCUT2D eigenvalue weighted by atomic mass is 9.91. The highest BCUT2D eigenvalue weighted by Gasteiger charge is 2.43. The van der Waals surface area contributed by atoms with E-state index >= 15 is 0 Å². The molecule has 3 aromatic rings. The van der Waals surface area contributed by atoms with Crippen molar-refractivity contribution in [2.45, 2.75) is 18.4 Å². The Morgan fingerprint density at radius 2 is 1.96 bits per heavy atom. The number of aromatic nitrogens is 6. The highest BCUT2D eigenvalue weighted by Crippen LogP contribution is 2.36. The van der Waals surface area contributed by atoms with Gasteiger partial charge in [-0.05, 0) is 6.07 Å². The normalized spacial score (nSPS) is 15.2. The summed E-state index contributed by atoms with van der Waals surface area (Å²) in [6.45, 7) is -0.200. The number of hydrogen-bond acceptors (Lipinski definition) is 6. The van der Waals surface area contributed by atoms with Gasteiger partial charge < -0.3 is 9.84 Å². The van der Waals surface area contributed by atoms with E-state index in [9.17, 15) is 13.9 Å². The Labute approximate surface area is 135 Å². The van der Waals surface area contributed by atoms with Crippen molar-refractivity contribution in [2.24, 2.45) is 0 Å². The second-order valence-electron chi connectivity index (χ2n) is 5.11. The molecule has 0 saturated heterocycles. The average molecular weight is 336 g/mol. The van der Waals surface area contributed by atoms with E-state index in [1.54, 1.807) is 0 Å². The Morgan fingerprint density at radius 3 is 2.54 bits per heavy atom. The predicted molar refractivity (Wildman–Crippen MR) is 76.3 cm³/mol. The van der Waals surface area contributed by atoms with E-state index in [4.69, 9.17) is 4.74 Å². The summed E-state index contributed by atoms with van der Waals surface area (Å²) in [5.74, 6) is -1.67. The van der Waals surface area contributed by atoms with Crippen LogP contribution in [0.15, 0.2) is 43.5 Å². The first-order valence-corrected chi connectivity index (χ1v) is 6.92. The zero-order valence-electron chi connectivity index (χ0n) is 12.6. The summed E-state index contributed by atoms with van der Waals surface area (Å²) in [7, 11) is 1.33. The monoisotopic (exact) mass is 336 g/mol. The standard InChI is InChI=1S/C14H14F2N6O2/c1-24-13(22-9-18-7-20-22)14(23,5-21-8-17-6-19-21)11-3-2-10(15)4-12(11)16/h2-4,6-9,13,23H,5H2,1H3. The summed E-state index contributed by atoms with van der Waals surface area (Å²) >= 11 is 0. The van der Waals surface area contributed by atoms with Crippen LogP contribution in [0.5, 0.6) is 0 Å². The van der Waals surface area contributed by atoms with Crippen LogP contribution in [-0.4, -0.2) is 41.7 Å². The molecule has 1 aromatic carbocycles. The Morgan fingerprint density at radius 1 is 1.21 bits per heavy atom. The fourth-order valence-electron chi connectivity index (χ4n) is 2.56. The Hall–Kier alpha value is -2.72. The molecule has 0 aliphatic carbocycles. The van der Waals surface area contributed by atoms with Crippen molar-refractivity contribution in [2.75, 3.05) is 7.11 Å². The number of ether oxygens (including phenoxy) is 1. The molecule has 2 aromatic heterocycles. The first-order chi connectivity index (χ1) is 11.5. The van der Waals surface area contributed by atoms with Gasteiger partial charge in [0.05, 0.1) is 6.54 Å². The van der Waals surface area contributed by atoms with Gasteiger partial charge in [0, 0.05) is 18.7 Å². The molecule has 2 unspecified atom stereocenters. The van der Waals surface area contributed by atoms with Crippen LogP contribution in [0.3, 0.4) is 0 Å². The highest BCUT2D eigenvalue weighted by molar-refractivity contribution is 5.26. The maximum atomic E-state index is 14.4. The van der Waals surface area contributed by atoms with E-state index < -0.39 is 23.5 Å². The molecule has 2 heterocycles. The maximum Gasteiger partial charge on any atom is 0.186 e. The second-order valence-corrected chi connectivity index (χ2v) is 5.11. The lowest BCUT2D eigenvalue weighted by Crippen LogP contribution is -2.43. The Bertz CT molecular complexity index is 796. The predicted octanol–water partition coefficient (Wildman–Crippen LogP) is 0.881. The van der Waals surface area contributed by atoms with Gasteiger partial charge in [-0.1, -0.05) is 6.07 Å². The third-order valence-electron chi connectivity index (χ3n) is 3.58. The third kappa shape index (κ3) is 2.88. The molecule has 2 atom stereocenters. The van der Waals surface area contributed by atoms with E-state index in [0.717, 1.165) is 12.1 Å². The van der Waals surface area contributed by atoms with Crippen LogP contribution in [-0.2, 0) is 16.9 Å². The van der Waals surface area contributed by atoms with E-state index in [1.165, 1.54) is 41.8 Å². The number of methoxy groups -OCH3 is 1. The summed E-state index contributed by atoms with van der Waals surface area (Å²) < 4.78 is 35.5. The quantitative estimate of drug-likeness (QED) is 0.719. The Kier molecular flexibility index (Phi) is 4.32. The zero-order valence-corrected chi connectivity index (χ0v) is 12.6. The van der Waals surface area contributed by atoms with E-state index in [-0.39, 0.29) is 12.1 Å². The van der Waals surface area contributed by atoms with Gasteiger partial charge in [0.15, 0.2) is 11.8 Å². The molecule has 0 saturated carbocycles. The fraction of sp³-hybridized carbons (Fsp3) is 0.286. The van der Waals surface area contributed by atoms with Gasteiger partial charge in [-0.2, -0.15) is 10.2 Å².